The fourth-order valence-corrected chi connectivity index (χ4v) is 1.39. The molecule has 0 amide bonds. The molecule has 3 heteroatoms. The molecule has 0 saturated carbocycles. The Morgan fingerprint density at radius 2 is 2.00 bits per heavy atom. The van der Waals surface area contributed by atoms with E-state index in [4.69, 9.17) is 11.6 Å². The minimum absolute atomic E-state index is 0.341. The van der Waals surface area contributed by atoms with Crippen molar-refractivity contribution in [3.8, 4) is 0 Å². The van der Waals surface area contributed by atoms with Gasteiger partial charge in [0.15, 0.2) is 0 Å². The molecule has 0 radical (unpaired) electrons. The highest BCUT2D eigenvalue weighted by atomic mass is 35.5. The number of unbranched alkanes of at least 4 members (excludes halogenated alkanes) is 1. The maximum atomic E-state index is 9.35. The summed E-state index contributed by atoms with van der Waals surface area (Å²) in [5, 5.41) is 9.35. The van der Waals surface area contributed by atoms with Crippen molar-refractivity contribution in [2.75, 3.05) is 33.1 Å². The molecule has 0 heterocycles. The number of halogens is 1. The molecule has 0 aliphatic carbocycles. The summed E-state index contributed by atoms with van der Waals surface area (Å²) in [6.45, 7) is 4.05. The molecule has 2 nitrogen and oxygen atoms in total. The Morgan fingerprint density at radius 3 is 2.42 bits per heavy atom. The van der Waals surface area contributed by atoms with E-state index in [9.17, 15) is 5.11 Å². The second kappa shape index (κ2) is 5.79. The number of hydrogen-bond donors (Lipinski definition) is 1. The number of alkyl halides is 1. The van der Waals surface area contributed by atoms with E-state index in [-0.39, 0.29) is 6.10 Å². The van der Waals surface area contributed by atoms with Crippen molar-refractivity contribution in [1.82, 2.24) is 0 Å². The van der Waals surface area contributed by atoms with Crippen molar-refractivity contribution in [2.45, 2.75) is 25.9 Å². The summed E-state index contributed by atoms with van der Waals surface area (Å²) in [5.74, 6) is 0.341. The third-order valence-electron chi connectivity index (χ3n) is 2.00. The third-order valence-corrected chi connectivity index (χ3v) is 2.36. The van der Waals surface area contributed by atoms with Gasteiger partial charge in [0, 0.05) is 0 Å². The fourth-order valence-electron chi connectivity index (χ4n) is 1.30. The molecule has 0 aliphatic rings. The first-order chi connectivity index (χ1) is 5.52. The van der Waals surface area contributed by atoms with E-state index in [2.05, 4.69) is 21.0 Å². The van der Waals surface area contributed by atoms with Crippen LogP contribution in [-0.2, 0) is 0 Å². The van der Waals surface area contributed by atoms with E-state index >= 15 is 0 Å². The van der Waals surface area contributed by atoms with Gasteiger partial charge in [-0.15, -0.1) is 11.6 Å². The number of nitrogens with zero attached hydrogens (tertiary/aromatic N) is 1. The number of rotatable bonds is 6. The van der Waals surface area contributed by atoms with Crippen molar-refractivity contribution >= 4 is 11.6 Å². The Labute approximate surface area is 80.7 Å². The summed E-state index contributed by atoms with van der Waals surface area (Å²) in [7, 11) is 4.26. The lowest BCUT2D eigenvalue weighted by Crippen LogP contribution is -2.46. The van der Waals surface area contributed by atoms with Gasteiger partial charge in [0.05, 0.1) is 26.5 Å². The molecule has 74 valence electrons. The lowest BCUT2D eigenvalue weighted by atomic mass is 10.2. The summed E-state index contributed by atoms with van der Waals surface area (Å²) in [6, 6.07) is 0. The average molecular weight is 195 g/mol. The van der Waals surface area contributed by atoms with Crippen LogP contribution >= 0.6 is 11.6 Å². The van der Waals surface area contributed by atoms with Gasteiger partial charge < -0.3 is 9.59 Å². The fraction of sp³-hybridized carbons (Fsp3) is 1.00. The van der Waals surface area contributed by atoms with Crippen LogP contribution in [0.1, 0.15) is 19.8 Å². The van der Waals surface area contributed by atoms with Crippen molar-refractivity contribution in [1.29, 1.82) is 0 Å². The second-order valence-corrected chi connectivity index (χ2v) is 4.31. The maximum Gasteiger partial charge on any atom is 0.116 e. The molecule has 0 spiro atoms. The Kier molecular flexibility index (Phi) is 5.89. The summed E-state index contributed by atoms with van der Waals surface area (Å²) in [5.41, 5.74) is 0. The average Bonchev–Trinajstić information content (AvgIpc) is 2.00. The highest BCUT2D eigenvalue weighted by Crippen LogP contribution is 2.04. The summed E-state index contributed by atoms with van der Waals surface area (Å²) in [6.07, 6.45) is 2.05. The highest BCUT2D eigenvalue weighted by molar-refractivity contribution is 6.18. The standard InChI is InChI=1S/C9H21ClNO/c1-4-5-6-11(2,3)8-9(12)7-10/h9,12H,4-8H2,1-3H3/q+1. The Balaban J connectivity index is 3.69. The number of quaternary nitrogens is 1. The zero-order valence-corrected chi connectivity index (χ0v) is 9.14. The molecule has 1 N–H and O–H groups in total. The van der Waals surface area contributed by atoms with Crippen LogP contribution < -0.4 is 0 Å². The minimum Gasteiger partial charge on any atom is -0.386 e. The van der Waals surface area contributed by atoms with E-state index in [1.165, 1.54) is 12.8 Å². The zero-order chi connectivity index (χ0) is 9.61. The smallest absolute Gasteiger partial charge is 0.116 e. The SMILES string of the molecule is CCCC[N+](C)(C)CC(O)CCl. The van der Waals surface area contributed by atoms with Gasteiger partial charge >= 0.3 is 0 Å². The van der Waals surface area contributed by atoms with Gasteiger partial charge in [-0.2, -0.15) is 0 Å². The Morgan fingerprint density at radius 1 is 1.42 bits per heavy atom. The van der Waals surface area contributed by atoms with Crippen LogP contribution in [0.25, 0.3) is 0 Å². The van der Waals surface area contributed by atoms with Gasteiger partial charge in [0.2, 0.25) is 0 Å². The van der Waals surface area contributed by atoms with Crippen molar-refractivity contribution in [3.63, 3.8) is 0 Å². The molecule has 12 heavy (non-hydrogen) atoms. The molecule has 0 aromatic rings. The van der Waals surface area contributed by atoms with E-state index in [1.54, 1.807) is 0 Å². The molecule has 0 aromatic carbocycles. The predicted molar refractivity (Wildman–Crippen MR) is 53.5 cm³/mol. The van der Waals surface area contributed by atoms with Crippen molar-refractivity contribution < 1.29 is 9.59 Å². The van der Waals surface area contributed by atoms with Crippen LogP contribution in [0.3, 0.4) is 0 Å². The number of hydrogen-bond acceptors (Lipinski definition) is 1. The number of aliphatic hydroxyl groups excluding tert-OH is 1. The first kappa shape index (κ1) is 12.2. The molecule has 0 rings (SSSR count). The zero-order valence-electron chi connectivity index (χ0n) is 8.39. The third kappa shape index (κ3) is 5.81. The number of likely N-dealkylation sites (N-methyl/N-ethyl adjacent to an activating group) is 1. The lowest BCUT2D eigenvalue weighted by Gasteiger charge is -2.31. The first-order valence-corrected chi connectivity index (χ1v) is 5.11. The quantitative estimate of drug-likeness (QED) is 0.502. The molecule has 0 aromatic heterocycles. The largest absolute Gasteiger partial charge is 0.386 e. The van der Waals surface area contributed by atoms with E-state index in [0.29, 0.717) is 5.88 Å². The lowest BCUT2D eigenvalue weighted by molar-refractivity contribution is -0.893. The monoisotopic (exact) mass is 194 g/mol. The number of aliphatic hydroxyl groups is 1. The van der Waals surface area contributed by atoms with Crippen LogP contribution in [-0.4, -0.2) is 48.8 Å². The summed E-state index contributed by atoms with van der Waals surface area (Å²) < 4.78 is 0.863. The molecular weight excluding hydrogens is 174 g/mol. The molecule has 1 atom stereocenters. The van der Waals surface area contributed by atoms with Gasteiger partial charge in [-0.25, -0.2) is 0 Å². The van der Waals surface area contributed by atoms with Crippen LogP contribution in [0, 0.1) is 0 Å². The van der Waals surface area contributed by atoms with E-state index in [1.807, 2.05) is 0 Å². The summed E-state index contributed by atoms with van der Waals surface area (Å²) in [4.78, 5) is 0. The highest BCUT2D eigenvalue weighted by Gasteiger charge is 2.18. The molecule has 0 fully saturated rings. The topological polar surface area (TPSA) is 20.2 Å². The second-order valence-electron chi connectivity index (χ2n) is 4.00. The first-order valence-electron chi connectivity index (χ1n) is 4.58. The minimum atomic E-state index is -0.362. The summed E-state index contributed by atoms with van der Waals surface area (Å²) >= 11 is 5.53. The van der Waals surface area contributed by atoms with Crippen LogP contribution in [0.4, 0.5) is 0 Å². The van der Waals surface area contributed by atoms with Crippen molar-refractivity contribution in [2.24, 2.45) is 0 Å². The Hall–Kier alpha value is 0.210. The van der Waals surface area contributed by atoms with Gasteiger partial charge in [0.1, 0.15) is 12.6 Å². The maximum absolute atomic E-state index is 9.35. The van der Waals surface area contributed by atoms with Gasteiger partial charge in [0.25, 0.3) is 0 Å². The molecule has 0 aliphatic heterocycles. The van der Waals surface area contributed by atoms with E-state index in [0.717, 1.165) is 17.6 Å². The molecular formula is C9H21ClNO+. The molecule has 1 unspecified atom stereocenters. The van der Waals surface area contributed by atoms with Crippen LogP contribution in [0.5, 0.6) is 0 Å². The predicted octanol–water partition coefficient (Wildman–Crippen LogP) is 1.46. The molecule has 0 saturated heterocycles. The molecule has 0 bridgehead atoms. The van der Waals surface area contributed by atoms with Crippen molar-refractivity contribution in [3.05, 3.63) is 0 Å². The van der Waals surface area contributed by atoms with Gasteiger partial charge in [-0.05, 0) is 6.42 Å². The van der Waals surface area contributed by atoms with Crippen LogP contribution in [0.2, 0.25) is 0 Å². The van der Waals surface area contributed by atoms with Crippen LogP contribution in [0.15, 0.2) is 0 Å². The van der Waals surface area contributed by atoms with Gasteiger partial charge in [-0.3, -0.25) is 0 Å². The van der Waals surface area contributed by atoms with Gasteiger partial charge in [-0.1, -0.05) is 13.3 Å². The Bertz CT molecular complexity index is 117. The normalized spacial score (nSPS) is 14.8. The van der Waals surface area contributed by atoms with E-state index < -0.39 is 0 Å².